The van der Waals surface area contributed by atoms with Gasteiger partial charge in [-0.15, -0.1) is 0 Å². The number of carboxylic acid groups (broad SMARTS) is 1. The summed E-state index contributed by atoms with van der Waals surface area (Å²) in [6.45, 7) is 22.2. The van der Waals surface area contributed by atoms with E-state index in [9.17, 15) is 40.6 Å². The second-order valence-electron chi connectivity index (χ2n) is 18.9. The van der Waals surface area contributed by atoms with E-state index < -0.39 is 48.8 Å². The zero-order valence-corrected chi connectivity index (χ0v) is 43.5. The van der Waals surface area contributed by atoms with Crippen LogP contribution in [0.2, 0.25) is 0 Å². The molecule has 19 nitrogen and oxygen atoms in total. The molecule has 3 aliphatic heterocycles. The first-order chi connectivity index (χ1) is 33.7. The minimum absolute atomic E-state index is 0.0103. The van der Waals surface area contributed by atoms with Gasteiger partial charge in [-0.3, -0.25) is 9.78 Å². The molecule has 0 atom stereocenters. The maximum Gasteiger partial charge on any atom is 0.336 e. The van der Waals surface area contributed by atoms with Crippen molar-refractivity contribution in [2.45, 2.75) is 72.5 Å². The van der Waals surface area contributed by atoms with E-state index in [0.29, 0.717) is 72.7 Å². The summed E-state index contributed by atoms with van der Waals surface area (Å²) in [5, 5.41) is 21.0. The highest BCUT2D eigenvalue weighted by molar-refractivity contribution is 7.86. The number of benzene rings is 3. The van der Waals surface area contributed by atoms with Crippen molar-refractivity contribution in [1.82, 2.24) is 14.9 Å². The number of carbonyl (C=O) groups is 2. The lowest BCUT2D eigenvalue weighted by atomic mass is 9.83. The van der Waals surface area contributed by atoms with E-state index in [1.807, 2.05) is 51.3 Å². The number of fused-ring (bicyclic) bond motifs is 4. The zero-order valence-electron chi connectivity index (χ0n) is 41.9. The van der Waals surface area contributed by atoms with Crippen LogP contribution in [0.3, 0.4) is 0 Å². The van der Waals surface area contributed by atoms with Gasteiger partial charge < -0.3 is 39.4 Å². The van der Waals surface area contributed by atoms with Crippen molar-refractivity contribution >= 4 is 65.9 Å². The number of amides is 1. The molecule has 0 saturated carbocycles. The van der Waals surface area contributed by atoms with Crippen LogP contribution in [-0.4, -0.2) is 111 Å². The third-order valence-electron chi connectivity index (χ3n) is 13.3. The number of anilines is 2. The van der Waals surface area contributed by atoms with E-state index in [1.165, 1.54) is 31.9 Å². The summed E-state index contributed by atoms with van der Waals surface area (Å²) < 4.78 is 82.2. The molecule has 72 heavy (non-hydrogen) atoms. The van der Waals surface area contributed by atoms with Crippen LogP contribution in [0.1, 0.15) is 98.8 Å². The average Bonchev–Trinajstić information content (AvgIpc) is 3.30. The molecule has 0 radical (unpaired) electrons. The molecule has 3 aliphatic rings. The Hall–Kier alpha value is -6.87. The molecule has 7 rings (SSSR count). The Labute approximate surface area is 420 Å². The third-order valence-corrected chi connectivity index (χ3v) is 14.6. The van der Waals surface area contributed by atoms with Crippen molar-refractivity contribution in [3.05, 3.63) is 140 Å². The quantitative estimate of drug-likeness (QED) is 0.0330. The van der Waals surface area contributed by atoms with Crippen LogP contribution in [0.4, 0.5) is 11.4 Å². The molecule has 0 aliphatic carbocycles. The number of quaternary nitrogens is 1. The molecule has 21 heteroatoms. The molecular formula is C51H61N9O10S2. The summed E-state index contributed by atoms with van der Waals surface area (Å²) in [6.07, 6.45) is 4.85. The predicted molar refractivity (Wildman–Crippen MR) is 276 cm³/mol. The van der Waals surface area contributed by atoms with Crippen molar-refractivity contribution in [2.24, 2.45) is 5.11 Å². The summed E-state index contributed by atoms with van der Waals surface area (Å²) >= 11 is 0. The SMILES string of the molecule is C=C(NCCC(=O)Nc1ccc(CN=[N+]=[N-])nc1)c1ccc(C2=c3cc4c(cc3Oc3cc5c(cc32)C(CS(=O)(=O)[O-])=CC(C)(C)N5C)=[N+](C)C(C)(C)C=C4CS(=O)(=O)[O-])c(C(=O)O)c1.CC[NH+](CC)CC. The van der Waals surface area contributed by atoms with Crippen molar-refractivity contribution in [2.75, 3.05) is 62.0 Å². The second kappa shape index (κ2) is 21.5. The number of pyridine rings is 1. The zero-order chi connectivity index (χ0) is 53.1. The molecule has 0 saturated heterocycles. The Morgan fingerprint density at radius 2 is 1.56 bits per heavy atom. The monoisotopic (exact) mass is 1020 g/mol. The number of aromatic carboxylic acids is 1. The van der Waals surface area contributed by atoms with E-state index in [1.54, 1.807) is 65.6 Å². The Morgan fingerprint density at radius 3 is 2.12 bits per heavy atom. The van der Waals surface area contributed by atoms with Crippen LogP contribution < -0.4 is 40.3 Å². The summed E-state index contributed by atoms with van der Waals surface area (Å²) in [7, 11) is -5.90. The average molecular weight is 1020 g/mol. The van der Waals surface area contributed by atoms with E-state index in [-0.39, 0.29) is 47.7 Å². The maximum atomic E-state index is 13.3. The number of carbonyl (C=O) groups excluding carboxylic acids is 1. The summed E-state index contributed by atoms with van der Waals surface area (Å²) in [4.78, 5) is 36.5. The Balaban J connectivity index is 0.00000113. The first-order valence-corrected chi connectivity index (χ1v) is 26.5. The lowest BCUT2D eigenvalue weighted by Gasteiger charge is -2.42. The highest BCUT2D eigenvalue weighted by atomic mass is 32.2. The predicted octanol–water partition coefficient (Wildman–Crippen LogP) is 4.46. The normalized spacial score (nSPS) is 15.2. The fourth-order valence-corrected chi connectivity index (χ4v) is 10.2. The van der Waals surface area contributed by atoms with Gasteiger partial charge in [0.2, 0.25) is 11.3 Å². The molecular weight excluding hydrogens is 963 g/mol. The highest BCUT2D eigenvalue weighted by Crippen LogP contribution is 2.47. The van der Waals surface area contributed by atoms with Gasteiger partial charge in [0.05, 0.1) is 92.5 Å². The lowest BCUT2D eigenvalue weighted by molar-refractivity contribution is -0.894. The van der Waals surface area contributed by atoms with Crippen LogP contribution in [0, 0.1) is 0 Å². The number of aromatic nitrogens is 1. The standard InChI is InChI=1S/C45H46N8O10S2.C6H15N/c1-25(47-13-12-41(54)50-30-10-9-29(48-21-30)22-49-51-46)26-8-11-31(34(14-26)43(55)56)42-35-15-32-27(23-64(57,58)59)19-44(2,3)52(6)37(32)17-39(35)63-40-18-38-33(16-36(40)42)28(24-65(60,61)62)20-45(4,5)53(38)7;1-4-7(5-2)6-3/h8-11,14-21,47H,1,12-13,22-24H2,2-7H3,(H3-,50,54,55,56,57,58,59,60,61,62);4-6H2,1-3H3. The fourth-order valence-electron chi connectivity index (χ4n) is 8.99. The molecule has 3 aromatic carbocycles. The number of nitrogens with one attached hydrogen (secondary N) is 3. The van der Waals surface area contributed by atoms with Crippen molar-refractivity contribution in [3.63, 3.8) is 0 Å². The van der Waals surface area contributed by atoms with E-state index >= 15 is 0 Å². The number of azide groups is 1. The minimum atomic E-state index is -4.77. The van der Waals surface area contributed by atoms with Gasteiger partial charge in [-0.2, -0.15) is 0 Å². The number of nitrogens with zero attached hydrogens (tertiary/aromatic N) is 6. The molecule has 4 N–H and O–H groups in total. The first-order valence-electron chi connectivity index (χ1n) is 23.3. The summed E-state index contributed by atoms with van der Waals surface area (Å²) in [6, 6.07) is 14.7. The number of hydrogen-bond acceptors (Lipinski definition) is 13. The van der Waals surface area contributed by atoms with Crippen molar-refractivity contribution in [1.29, 1.82) is 0 Å². The fraction of sp³-hybridized carbons (Fsp3) is 0.373. The van der Waals surface area contributed by atoms with Crippen LogP contribution in [-0.2, 0) is 31.6 Å². The van der Waals surface area contributed by atoms with Crippen LogP contribution in [0.25, 0.3) is 32.9 Å². The van der Waals surface area contributed by atoms with Gasteiger partial charge in [-0.05, 0) is 98.8 Å². The molecule has 0 unspecified atom stereocenters. The molecule has 0 bridgehead atoms. The molecule has 1 amide bonds. The Morgan fingerprint density at radius 1 is 0.903 bits per heavy atom. The highest BCUT2D eigenvalue weighted by Gasteiger charge is 2.37. The van der Waals surface area contributed by atoms with Gasteiger partial charge in [0.25, 0.3) is 0 Å². The maximum absolute atomic E-state index is 13.3. The molecule has 4 aromatic rings. The second-order valence-corrected chi connectivity index (χ2v) is 21.7. The molecule has 382 valence electrons. The van der Waals surface area contributed by atoms with Gasteiger partial charge in [-0.25, -0.2) is 26.2 Å². The lowest BCUT2D eigenvalue weighted by Crippen LogP contribution is -3.11. The largest absolute Gasteiger partial charge is 0.748 e. The number of likely N-dealkylation sites (N-methyl/N-ethyl adjacent to an activating group) is 2. The Kier molecular flexibility index (Phi) is 16.2. The van der Waals surface area contributed by atoms with Gasteiger partial charge in [0, 0.05) is 83.8 Å². The van der Waals surface area contributed by atoms with Crippen molar-refractivity contribution in [3.8, 4) is 11.5 Å². The summed E-state index contributed by atoms with van der Waals surface area (Å²) in [5.41, 5.74) is 11.3. The number of carboxylic acids is 1. The smallest absolute Gasteiger partial charge is 0.336 e. The number of ether oxygens (including phenoxy) is 1. The van der Waals surface area contributed by atoms with Crippen molar-refractivity contribution < 1.29 is 50.3 Å². The molecule has 0 fully saturated rings. The van der Waals surface area contributed by atoms with E-state index in [2.05, 4.69) is 53.0 Å². The van der Waals surface area contributed by atoms with Gasteiger partial charge in [0.15, 0.2) is 5.54 Å². The molecule has 1 aromatic heterocycles. The van der Waals surface area contributed by atoms with E-state index in [4.69, 9.17) is 10.3 Å². The van der Waals surface area contributed by atoms with Crippen LogP contribution >= 0.6 is 0 Å². The van der Waals surface area contributed by atoms with Crippen LogP contribution in [0.15, 0.2) is 84.6 Å². The molecule has 4 heterocycles. The number of rotatable bonds is 17. The van der Waals surface area contributed by atoms with Gasteiger partial charge in [-0.1, -0.05) is 29.9 Å². The minimum Gasteiger partial charge on any atom is -0.748 e. The van der Waals surface area contributed by atoms with E-state index in [0.717, 1.165) is 0 Å². The molecule has 0 spiro atoms. The Bertz CT molecular complexity index is 3320. The van der Waals surface area contributed by atoms with Crippen LogP contribution in [0.5, 0.6) is 11.5 Å². The third kappa shape index (κ3) is 12.4. The first kappa shape index (κ1) is 54.5. The van der Waals surface area contributed by atoms with Gasteiger partial charge in [0.1, 0.15) is 18.5 Å². The number of hydrogen-bond donors (Lipinski definition) is 4. The van der Waals surface area contributed by atoms with Gasteiger partial charge >= 0.3 is 5.97 Å². The summed E-state index contributed by atoms with van der Waals surface area (Å²) in [5.74, 6) is -2.69. The topological polar surface area (TPSA) is 274 Å².